The van der Waals surface area contributed by atoms with Crippen LogP contribution in [0.4, 0.5) is 0 Å². The molecule has 0 bridgehead atoms. The average molecular weight is 252 g/mol. The van der Waals surface area contributed by atoms with Gasteiger partial charge in [-0.3, -0.25) is 4.79 Å². The minimum Gasteiger partial charge on any atom is -0.293 e. The van der Waals surface area contributed by atoms with E-state index in [1.54, 1.807) is 0 Å². The van der Waals surface area contributed by atoms with Gasteiger partial charge in [0.25, 0.3) is 0 Å². The molecule has 3 aromatic carbocycles. The van der Waals surface area contributed by atoms with Gasteiger partial charge in [-0.15, -0.1) is 0 Å². The van der Waals surface area contributed by atoms with Gasteiger partial charge in [0.15, 0.2) is 5.78 Å². The summed E-state index contributed by atoms with van der Waals surface area (Å²) in [7, 11) is 0. The molecule has 0 N–H and O–H groups in total. The summed E-state index contributed by atoms with van der Waals surface area (Å²) in [6.45, 7) is 0. The Labute approximate surface area is 111 Å². The SMILES string of the molecule is O=C(CS)c1cc2ccccc2c2ccccc12. The van der Waals surface area contributed by atoms with Crippen LogP contribution in [0, 0.1) is 0 Å². The maximum atomic E-state index is 12.0. The minimum atomic E-state index is 0.0697. The van der Waals surface area contributed by atoms with Crippen molar-refractivity contribution < 1.29 is 4.79 Å². The van der Waals surface area contributed by atoms with Crippen LogP contribution in [0.2, 0.25) is 0 Å². The number of carbonyl (C=O) groups is 1. The molecule has 0 spiro atoms. The van der Waals surface area contributed by atoms with Gasteiger partial charge in [0.2, 0.25) is 0 Å². The van der Waals surface area contributed by atoms with Gasteiger partial charge in [-0.25, -0.2) is 0 Å². The normalized spacial score (nSPS) is 10.9. The number of ketones is 1. The van der Waals surface area contributed by atoms with Crippen LogP contribution in [-0.4, -0.2) is 11.5 Å². The van der Waals surface area contributed by atoms with E-state index in [1.807, 2.05) is 42.5 Å². The van der Waals surface area contributed by atoms with Crippen molar-refractivity contribution in [1.29, 1.82) is 0 Å². The molecule has 0 fully saturated rings. The summed E-state index contributed by atoms with van der Waals surface area (Å²) in [5, 5.41) is 4.42. The minimum absolute atomic E-state index is 0.0697. The molecule has 1 nitrogen and oxygen atoms in total. The molecule has 3 aromatic rings. The third kappa shape index (κ3) is 1.70. The molecule has 0 atom stereocenters. The molecule has 0 saturated carbocycles. The fraction of sp³-hybridized carbons (Fsp3) is 0.0625. The van der Waals surface area contributed by atoms with Crippen LogP contribution in [0.1, 0.15) is 10.4 Å². The van der Waals surface area contributed by atoms with E-state index in [0.717, 1.165) is 21.7 Å². The summed E-state index contributed by atoms with van der Waals surface area (Å²) >= 11 is 4.10. The molecule has 18 heavy (non-hydrogen) atoms. The van der Waals surface area contributed by atoms with Crippen molar-refractivity contribution in [1.82, 2.24) is 0 Å². The molecular formula is C16H12OS. The van der Waals surface area contributed by atoms with Gasteiger partial charge in [-0.1, -0.05) is 48.5 Å². The molecule has 2 heteroatoms. The first kappa shape index (κ1) is 11.3. The summed E-state index contributed by atoms with van der Waals surface area (Å²) in [6, 6.07) is 18.1. The van der Waals surface area contributed by atoms with Crippen LogP contribution >= 0.6 is 12.6 Å². The van der Waals surface area contributed by atoms with Crippen molar-refractivity contribution in [2.75, 3.05) is 5.75 Å². The molecule has 0 unspecified atom stereocenters. The van der Waals surface area contributed by atoms with E-state index >= 15 is 0 Å². The maximum Gasteiger partial charge on any atom is 0.173 e. The van der Waals surface area contributed by atoms with Crippen LogP contribution in [0.3, 0.4) is 0 Å². The van der Waals surface area contributed by atoms with Gasteiger partial charge in [0, 0.05) is 5.56 Å². The Morgan fingerprint density at radius 3 is 2.22 bits per heavy atom. The lowest BCUT2D eigenvalue weighted by molar-refractivity contribution is 0.102. The fourth-order valence-electron chi connectivity index (χ4n) is 2.37. The van der Waals surface area contributed by atoms with E-state index in [2.05, 4.69) is 24.8 Å². The Morgan fingerprint density at radius 2 is 1.50 bits per heavy atom. The molecule has 0 aliphatic carbocycles. The van der Waals surface area contributed by atoms with Crippen molar-refractivity contribution in [3.63, 3.8) is 0 Å². The van der Waals surface area contributed by atoms with Gasteiger partial charge >= 0.3 is 0 Å². The van der Waals surface area contributed by atoms with Crippen LogP contribution in [-0.2, 0) is 0 Å². The van der Waals surface area contributed by atoms with Crippen LogP contribution in [0.5, 0.6) is 0 Å². The molecule has 88 valence electrons. The molecule has 0 saturated heterocycles. The second-order valence-electron chi connectivity index (χ2n) is 4.27. The molecule has 0 aliphatic heterocycles. The highest BCUT2D eigenvalue weighted by Crippen LogP contribution is 2.28. The third-order valence-electron chi connectivity index (χ3n) is 3.21. The van der Waals surface area contributed by atoms with Crippen LogP contribution < -0.4 is 0 Å². The van der Waals surface area contributed by atoms with E-state index < -0.39 is 0 Å². The highest BCUT2D eigenvalue weighted by Gasteiger charge is 2.11. The summed E-state index contributed by atoms with van der Waals surface area (Å²) in [5.41, 5.74) is 0.763. The highest BCUT2D eigenvalue weighted by molar-refractivity contribution is 7.81. The lowest BCUT2D eigenvalue weighted by atomic mass is 9.96. The third-order valence-corrected chi connectivity index (χ3v) is 3.50. The van der Waals surface area contributed by atoms with Crippen LogP contribution in [0.25, 0.3) is 21.5 Å². The Bertz CT molecular complexity index is 746. The number of benzene rings is 3. The predicted molar refractivity (Wildman–Crippen MR) is 79.6 cm³/mol. The molecule has 0 radical (unpaired) electrons. The zero-order valence-corrected chi connectivity index (χ0v) is 10.7. The zero-order valence-electron chi connectivity index (χ0n) is 9.76. The van der Waals surface area contributed by atoms with E-state index in [-0.39, 0.29) is 11.5 Å². The van der Waals surface area contributed by atoms with E-state index in [4.69, 9.17) is 0 Å². The molecule has 0 amide bonds. The quantitative estimate of drug-likeness (QED) is 0.413. The van der Waals surface area contributed by atoms with Gasteiger partial charge in [-0.2, -0.15) is 12.6 Å². The first-order valence-electron chi connectivity index (χ1n) is 5.86. The maximum absolute atomic E-state index is 12.0. The number of fused-ring (bicyclic) bond motifs is 3. The number of carbonyl (C=O) groups excluding carboxylic acids is 1. The molecular weight excluding hydrogens is 240 g/mol. The first-order valence-corrected chi connectivity index (χ1v) is 6.49. The Balaban J connectivity index is 2.50. The Kier molecular flexibility index (Phi) is 2.80. The Morgan fingerprint density at radius 1 is 0.889 bits per heavy atom. The highest BCUT2D eigenvalue weighted by atomic mass is 32.1. The summed E-state index contributed by atoms with van der Waals surface area (Å²) in [5.74, 6) is 0.308. The van der Waals surface area contributed by atoms with Gasteiger partial charge < -0.3 is 0 Å². The molecule has 3 rings (SSSR count). The first-order chi connectivity index (χ1) is 8.81. The molecule has 0 heterocycles. The molecule has 0 aliphatic rings. The summed E-state index contributed by atoms with van der Waals surface area (Å²) in [4.78, 5) is 12.0. The number of rotatable bonds is 2. The summed E-state index contributed by atoms with van der Waals surface area (Å²) < 4.78 is 0. The van der Waals surface area contributed by atoms with Crippen molar-refractivity contribution in [2.24, 2.45) is 0 Å². The van der Waals surface area contributed by atoms with Gasteiger partial charge in [-0.05, 0) is 27.6 Å². The zero-order chi connectivity index (χ0) is 12.5. The second-order valence-corrected chi connectivity index (χ2v) is 4.59. The standard InChI is InChI=1S/C16H12OS/c17-16(10-18)15-9-11-5-1-2-6-12(11)13-7-3-4-8-14(13)15/h1-9,18H,10H2. The lowest BCUT2D eigenvalue weighted by Gasteiger charge is -2.08. The van der Waals surface area contributed by atoms with Gasteiger partial charge in [0.1, 0.15) is 0 Å². The van der Waals surface area contributed by atoms with Crippen molar-refractivity contribution in [3.8, 4) is 0 Å². The number of thiol groups is 1. The van der Waals surface area contributed by atoms with Gasteiger partial charge in [0.05, 0.1) is 5.75 Å². The fourth-order valence-corrected chi connectivity index (χ4v) is 2.54. The topological polar surface area (TPSA) is 17.1 Å². The lowest BCUT2D eigenvalue weighted by Crippen LogP contribution is -2.01. The Hall–Kier alpha value is -1.80. The van der Waals surface area contributed by atoms with Crippen LogP contribution in [0.15, 0.2) is 54.6 Å². The second kappa shape index (κ2) is 4.46. The van der Waals surface area contributed by atoms with Crippen molar-refractivity contribution >= 4 is 40.0 Å². The summed E-state index contributed by atoms with van der Waals surface area (Å²) in [6.07, 6.45) is 0. The van der Waals surface area contributed by atoms with E-state index in [9.17, 15) is 4.79 Å². The smallest absolute Gasteiger partial charge is 0.173 e. The van der Waals surface area contributed by atoms with Crippen molar-refractivity contribution in [2.45, 2.75) is 0 Å². The monoisotopic (exact) mass is 252 g/mol. The largest absolute Gasteiger partial charge is 0.293 e. The number of hydrogen-bond donors (Lipinski definition) is 1. The predicted octanol–water partition coefficient (Wildman–Crippen LogP) is 4.11. The van der Waals surface area contributed by atoms with Crippen molar-refractivity contribution in [3.05, 3.63) is 60.2 Å². The number of hydrogen-bond acceptors (Lipinski definition) is 2. The average Bonchev–Trinajstić information content (AvgIpc) is 2.45. The number of Topliss-reactive ketones (excluding diaryl/α,β-unsaturated/α-hetero) is 1. The van der Waals surface area contributed by atoms with E-state index in [1.165, 1.54) is 5.39 Å². The molecule has 0 aromatic heterocycles. The van der Waals surface area contributed by atoms with E-state index in [0.29, 0.717) is 0 Å².